The first kappa shape index (κ1) is 25.4. The van der Waals surface area contributed by atoms with Gasteiger partial charge in [-0.2, -0.15) is 5.06 Å². The Bertz CT molecular complexity index is 916. The van der Waals surface area contributed by atoms with Crippen LogP contribution >= 0.6 is 0 Å². The molecular weight excluding hydrogens is 446 g/mol. The maximum Gasteiger partial charge on any atom is 0.407 e. The van der Waals surface area contributed by atoms with E-state index < -0.39 is 18.2 Å². The van der Waals surface area contributed by atoms with Crippen LogP contribution in [0.2, 0.25) is 0 Å². The number of nitrogens with zero attached hydrogens (tertiary/aromatic N) is 1. The highest BCUT2D eigenvalue weighted by Gasteiger charge is 2.29. The molecule has 2 aliphatic rings. The molecule has 2 aromatic carbocycles. The van der Waals surface area contributed by atoms with Crippen LogP contribution in [0.1, 0.15) is 43.2 Å². The summed E-state index contributed by atoms with van der Waals surface area (Å²) in [6.07, 6.45) is 3.91. The van der Waals surface area contributed by atoms with Crippen LogP contribution in [0.15, 0.2) is 54.6 Å². The normalized spacial score (nSPS) is 20.1. The first-order valence-corrected chi connectivity index (χ1v) is 12.6. The van der Waals surface area contributed by atoms with Crippen LogP contribution in [0.4, 0.5) is 10.5 Å². The van der Waals surface area contributed by atoms with Crippen molar-refractivity contribution in [2.24, 2.45) is 0 Å². The number of nitrogens with two attached hydrogens (primary N) is 1. The SMILES string of the molecule is Nc1cccc(CN(C[C@@H](O)[C@H](Cc2ccccc2)NC(=O)O[C@H]2CCOC2)OC2CCCC2)c1. The third kappa shape index (κ3) is 8.21. The molecule has 1 saturated heterocycles. The number of anilines is 1. The highest BCUT2D eigenvalue weighted by atomic mass is 16.7. The van der Waals surface area contributed by atoms with Gasteiger partial charge in [-0.3, -0.25) is 4.84 Å². The molecule has 2 aromatic rings. The first-order chi connectivity index (χ1) is 17.0. The Balaban J connectivity index is 1.45. The Kier molecular flexibility index (Phi) is 9.36. The molecule has 3 atom stereocenters. The van der Waals surface area contributed by atoms with Gasteiger partial charge in [-0.1, -0.05) is 55.3 Å². The summed E-state index contributed by atoms with van der Waals surface area (Å²) >= 11 is 0. The van der Waals surface area contributed by atoms with Crippen molar-refractivity contribution < 1.29 is 24.2 Å². The van der Waals surface area contributed by atoms with Crippen LogP contribution in [-0.2, 0) is 27.3 Å². The van der Waals surface area contributed by atoms with Gasteiger partial charge in [0.15, 0.2) is 0 Å². The number of ether oxygens (including phenoxy) is 2. The van der Waals surface area contributed by atoms with Gasteiger partial charge in [0.05, 0.1) is 38.0 Å². The summed E-state index contributed by atoms with van der Waals surface area (Å²) < 4.78 is 10.8. The third-order valence-corrected chi connectivity index (χ3v) is 6.53. The lowest BCUT2D eigenvalue weighted by atomic mass is 10.0. The van der Waals surface area contributed by atoms with Gasteiger partial charge < -0.3 is 25.6 Å². The zero-order valence-corrected chi connectivity index (χ0v) is 20.2. The molecule has 1 aliphatic carbocycles. The predicted molar refractivity (Wildman–Crippen MR) is 133 cm³/mol. The topological polar surface area (TPSA) is 106 Å². The van der Waals surface area contributed by atoms with Crippen LogP contribution in [0.25, 0.3) is 0 Å². The van der Waals surface area contributed by atoms with Crippen molar-refractivity contribution in [1.82, 2.24) is 10.4 Å². The fourth-order valence-corrected chi connectivity index (χ4v) is 4.67. The van der Waals surface area contributed by atoms with E-state index in [0.29, 0.717) is 38.3 Å². The first-order valence-electron chi connectivity index (χ1n) is 12.6. The quantitative estimate of drug-likeness (QED) is 0.332. The van der Waals surface area contributed by atoms with Crippen molar-refractivity contribution >= 4 is 11.8 Å². The molecule has 1 saturated carbocycles. The second kappa shape index (κ2) is 12.9. The molecule has 0 radical (unpaired) electrons. The number of hydroxylamine groups is 2. The summed E-state index contributed by atoms with van der Waals surface area (Å²) in [4.78, 5) is 18.9. The summed E-state index contributed by atoms with van der Waals surface area (Å²) in [5.41, 5.74) is 8.68. The molecule has 1 aliphatic heterocycles. The number of hydrogen-bond acceptors (Lipinski definition) is 7. The molecular formula is C27H37N3O5. The van der Waals surface area contributed by atoms with Gasteiger partial charge in [0.2, 0.25) is 0 Å². The number of nitrogen functional groups attached to an aromatic ring is 1. The molecule has 2 fully saturated rings. The van der Waals surface area contributed by atoms with E-state index in [4.69, 9.17) is 20.0 Å². The molecule has 190 valence electrons. The Morgan fingerprint density at radius 2 is 1.86 bits per heavy atom. The number of aliphatic hydroxyl groups is 1. The second-order valence-corrected chi connectivity index (χ2v) is 9.48. The molecule has 0 unspecified atom stereocenters. The van der Waals surface area contributed by atoms with E-state index in [1.165, 1.54) is 0 Å². The highest BCUT2D eigenvalue weighted by Crippen LogP contribution is 2.23. The van der Waals surface area contributed by atoms with Crippen molar-refractivity contribution in [1.29, 1.82) is 0 Å². The van der Waals surface area contributed by atoms with Gasteiger partial charge in [0.25, 0.3) is 0 Å². The van der Waals surface area contributed by atoms with Gasteiger partial charge >= 0.3 is 6.09 Å². The number of aliphatic hydroxyl groups excluding tert-OH is 1. The molecule has 0 bridgehead atoms. The molecule has 35 heavy (non-hydrogen) atoms. The summed E-state index contributed by atoms with van der Waals surface area (Å²) in [6, 6.07) is 16.9. The maximum absolute atomic E-state index is 12.6. The van der Waals surface area contributed by atoms with E-state index in [-0.39, 0.29) is 18.8 Å². The minimum absolute atomic E-state index is 0.135. The van der Waals surface area contributed by atoms with Crippen molar-refractivity contribution in [3.63, 3.8) is 0 Å². The number of carbonyl (C=O) groups excluding carboxylic acids is 1. The number of hydrogen-bond donors (Lipinski definition) is 3. The van der Waals surface area contributed by atoms with Gasteiger partial charge in [-0.25, -0.2) is 4.79 Å². The molecule has 1 heterocycles. The number of carbonyl (C=O) groups is 1. The zero-order valence-electron chi connectivity index (χ0n) is 20.2. The van der Waals surface area contributed by atoms with E-state index in [0.717, 1.165) is 36.8 Å². The Hall–Kier alpha value is -2.65. The highest BCUT2D eigenvalue weighted by molar-refractivity contribution is 5.68. The van der Waals surface area contributed by atoms with E-state index in [2.05, 4.69) is 5.32 Å². The Morgan fingerprint density at radius 1 is 1.09 bits per heavy atom. The van der Waals surface area contributed by atoms with E-state index >= 15 is 0 Å². The molecule has 8 heteroatoms. The number of rotatable bonds is 11. The number of amides is 1. The molecule has 0 aromatic heterocycles. The average molecular weight is 484 g/mol. The standard InChI is InChI=1S/C27H37N3O5/c28-22-10-6-9-21(15-22)17-30(35-23-11-4-5-12-23)18-26(31)25(16-20-7-2-1-3-8-20)29-27(32)34-24-13-14-33-19-24/h1-3,6-10,15,23-26,31H,4-5,11-14,16-19,28H2,(H,29,32)/t24-,25-,26+/m0/s1. The smallest absolute Gasteiger partial charge is 0.407 e. The van der Waals surface area contributed by atoms with E-state index in [1.54, 1.807) is 0 Å². The maximum atomic E-state index is 12.6. The summed E-state index contributed by atoms with van der Waals surface area (Å²) in [7, 11) is 0. The van der Waals surface area contributed by atoms with Crippen molar-refractivity contribution in [3.8, 4) is 0 Å². The second-order valence-electron chi connectivity index (χ2n) is 9.48. The molecule has 4 N–H and O–H groups in total. The summed E-state index contributed by atoms with van der Waals surface area (Å²) in [5, 5.41) is 16.0. The Morgan fingerprint density at radius 3 is 2.57 bits per heavy atom. The third-order valence-electron chi connectivity index (χ3n) is 6.53. The van der Waals surface area contributed by atoms with E-state index in [1.807, 2.05) is 59.7 Å². The monoisotopic (exact) mass is 483 g/mol. The number of benzene rings is 2. The van der Waals surface area contributed by atoms with Gasteiger partial charge in [-0.15, -0.1) is 0 Å². The van der Waals surface area contributed by atoms with Crippen LogP contribution in [0.5, 0.6) is 0 Å². The van der Waals surface area contributed by atoms with E-state index in [9.17, 15) is 9.90 Å². The summed E-state index contributed by atoms with van der Waals surface area (Å²) in [5.74, 6) is 0. The lowest BCUT2D eigenvalue weighted by molar-refractivity contribution is -0.214. The van der Waals surface area contributed by atoms with Gasteiger partial charge in [-0.05, 0) is 42.5 Å². The fourth-order valence-electron chi connectivity index (χ4n) is 4.67. The van der Waals surface area contributed by atoms with Crippen LogP contribution in [-0.4, -0.2) is 60.4 Å². The average Bonchev–Trinajstić information content (AvgIpc) is 3.54. The molecule has 4 rings (SSSR count). The van der Waals surface area contributed by atoms with Crippen molar-refractivity contribution in [2.75, 3.05) is 25.5 Å². The fraction of sp³-hybridized carbons (Fsp3) is 0.519. The van der Waals surface area contributed by atoms with Crippen molar-refractivity contribution in [2.45, 2.75) is 69.4 Å². The van der Waals surface area contributed by atoms with Gasteiger partial charge in [0, 0.05) is 18.7 Å². The largest absolute Gasteiger partial charge is 0.444 e. The molecule has 1 amide bonds. The van der Waals surface area contributed by atoms with Crippen LogP contribution in [0.3, 0.4) is 0 Å². The van der Waals surface area contributed by atoms with Crippen LogP contribution in [0, 0.1) is 0 Å². The molecule has 8 nitrogen and oxygen atoms in total. The van der Waals surface area contributed by atoms with Crippen molar-refractivity contribution in [3.05, 3.63) is 65.7 Å². The van der Waals surface area contributed by atoms with Gasteiger partial charge in [0.1, 0.15) is 6.10 Å². The minimum atomic E-state index is -0.884. The lowest BCUT2D eigenvalue weighted by Gasteiger charge is -2.31. The zero-order chi connectivity index (χ0) is 24.5. The number of alkyl carbamates (subject to hydrolysis) is 1. The van der Waals surface area contributed by atoms with Crippen LogP contribution < -0.4 is 11.1 Å². The molecule has 0 spiro atoms. The Labute approximate surface area is 207 Å². The summed E-state index contributed by atoms with van der Waals surface area (Å²) in [6.45, 7) is 1.71. The minimum Gasteiger partial charge on any atom is -0.444 e. The lowest BCUT2D eigenvalue weighted by Crippen LogP contribution is -2.50. The number of nitrogens with one attached hydrogen (secondary N) is 1. The predicted octanol–water partition coefficient (Wildman–Crippen LogP) is 3.43.